The first-order chi connectivity index (χ1) is 6.06. The van der Waals surface area contributed by atoms with Crippen molar-refractivity contribution in [3.8, 4) is 5.88 Å². The SMILES string of the molecule is COc1nc(C(C)C)c(Br)cc1N. The zero-order valence-corrected chi connectivity index (χ0v) is 9.55. The molecule has 0 spiro atoms. The number of hydrogen-bond donors (Lipinski definition) is 1. The number of halogens is 1. The highest BCUT2D eigenvalue weighted by molar-refractivity contribution is 9.10. The van der Waals surface area contributed by atoms with Crippen LogP contribution >= 0.6 is 15.9 Å². The highest BCUT2D eigenvalue weighted by Gasteiger charge is 2.10. The zero-order chi connectivity index (χ0) is 10.0. The van der Waals surface area contributed by atoms with Crippen molar-refractivity contribution in [2.75, 3.05) is 12.8 Å². The molecular weight excluding hydrogens is 232 g/mol. The fourth-order valence-electron chi connectivity index (χ4n) is 1.07. The summed E-state index contributed by atoms with van der Waals surface area (Å²) in [5, 5.41) is 0. The second kappa shape index (κ2) is 3.96. The molecule has 2 N–H and O–H groups in total. The summed E-state index contributed by atoms with van der Waals surface area (Å²) < 4.78 is 5.97. The van der Waals surface area contributed by atoms with E-state index in [0.29, 0.717) is 17.5 Å². The van der Waals surface area contributed by atoms with Crippen molar-refractivity contribution < 1.29 is 4.74 Å². The number of methoxy groups -OCH3 is 1. The number of anilines is 1. The van der Waals surface area contributed by atoms with E-state index in [0.717, 1.165) is 10.2 Å². The van der Waals surface area contributed by atoms with Gasteiger partial charge < -0.3 is 10.5 Å². The van der Waals surface area contributed by atoms with Gasteiger partial charge >= 0.3 is 0 Å². The fraction of sp³-hybridized carbons (Fsp3) is 0.444. The third kappa shape index (κ3) is 2.12. The predicted molar refractivity (Wildman–Crippen MR) is 57.0 cm³/mol. The third-order valence-electron chi connectivity index (χ3n) is 1.74. The molecule has 0 saturated heterocycles. The van der Waals surface area contributed by atoms with Gasteiger partial charge in [-0.15, -0.1) is 0 Å². The third-order valence-corrected chi connectivity index (χ3v) is 2.37. The van der Waals surface area contributed by atoms with E-state index < -0.39 is 0 Å². The Kier molecular flexibility index (Phi) is 3.14. The van der Waals surface area contributed by atoms with Crippen LogP contribution < -0.4 is 10.5 Å². The van der Waals surface area contributed by atoms with E-state index in [1.54, 1.807) is 7.11 Å². The van der Waals surface area contributed by atoms with Crippen LogP contribution in [-0.2, 0) is 0 Å². The smallest absolute Gasteiger partial charge is 0.237 e. The number of nitrogen functional groups attached to an aromatic ring is 1. The summed E-state index contributed by atoms with van der Waals surface area (Å²) in [6, 6.07) is 1.82. The average molecular weight is 245 g/mol. The number of rotatable bonds is 2. The van der Waals surface area contributed by atoms with E-state index in [9.17, 15) is 0 Å². The van der Waals surface area contributed by atoms with Crippen molar-refractivity contribution in [2.45, 2.75) is 19.8 Å². The molecule has 0 aliphatic rings. The van der Waals surface area contributed by atoms with Gasteiger partial charge in [0.25, 0.3) is 0 Å². The van der Waals surface area contributed by atoms with E-state index in [-0.39, 0.29) is 0 Å². The van der Waals surface area contributed by atoms with Gasteiger partial charge in [-0.3, -0.25) is 0 Å². The van der Waals surface area contributed by atoms with Crippen molar-refractivity contribution in [3.63, 3.8) is 0 Å². The molecule has 0 amide bonds. The van der Waals surface area contributed by atoms with E-state index in [1.807, 2.05) is 6.07 Å². The second-order valence-corrected chi connectivity index (χ2v) is 3.96. The molecule has 0 bridgehead atoms. The van der Waals surface area contributed by atoms with Crippen LogP contribution in [0.4, 0.5) is 5.69 Å². The minimum absolute atomic E-state index is 0.351. The molecule has 1 aromatic rings. The van der Waals surface area contributed by atoms with E-state index in [4.69, 9.17) is 10.5 Å². The quantitative estimate of drug-likeness (QED) is 0.870. The Balaban J connectivity index is 3.22. The molecule has 0 aromatic carbocycles. The van der Waals surface area contributed by atoms with Gasteiger partial charge in [0, 0.05) is 4.47 Å². The molecule has 0 aliphatic carbocycles. The summed E-state index contributed by atoms with van der Waals surface area (Å²) in [6.45, 7) is 4.14. The lowest BCUT2D eigenvalue weighted by molar-refractivity contribution is 0.397. The Bertz CT molecular complexity index is 313. The molecule has 72 valence electrons. The molecule has 13 heavy (non-hydrogen) atoms. The van der Waals surface area contributed by atoms with Crippen LogP contribution in [0.5, 0.6) is 5.88 Å². The van der Waals surface area contributed by atoms with E-state index in [1.165, 1.54) is 0 Å². The first kappa shape index (κ1) is 10.3. The minimum Gasteiger partial charge on any atom is -0.480 e. The molecule has 0 fully saturated rings. The van der Waals surface area contributed by atoms with Gasteiger partial charge in [0.1, 0.15) is 0 Å². The lowest BCUT2D eigenvalue weighted by atomic mass is 10.1. The van der Waals surface area contributed by atoms with Crippen LogP contribution in [-0.4, -0.2) is 12.1 Å². The van der Waals surface area contributed by atoms with Gasteiger partial charge in [-0.05, 0) is 27.9 Å². The largest absolute Gasteiger partial charge is 0.480 e. The molecule has 4 heteroatoms. The Labute approximate surface area is 86.4 Å². The normalized spacial score (nSPS) is 10.5. The summed E-state index contributed by atoms with van der Waals surface area (Å²) in [5.41, 5.74) is 7.20. The Hall–Kier alpha value is -0.770. The molecule has 3 nitrogen and oxygen atoms in total. The second-order valence-electron chi connectivity index (χ2n) is 3.11. The molecule has 1 rings (SSSR count). The Morgan fingerprint density at radius 3 is 2.62 bits per heavy atom. The van der Waals surface area contributed by atoms with Crippen molar-refractivity contribution >= 4 is 21.6 Å². The maximum absolute atomic E-state index is 5.68. The fourth-order valence-corrected chi connectivity index (χ4v) is 1.86. The van der Waals surface area contributed by atoms with Crippen molar-refractivity contribution in [3.05, 3.63) is 16.2 Å². The van der Waals surface area contributed by atoms with Crippen LogP contribution in [0.15, 0.2) is 10.5 Å². The van der Waals surface area contributed by atoms with Gasteiger partial charge in [0.05, 0.1) is 18.5 Å². The summed E-state index contributed by atoms with van der Waals surface area (Å²) in [6.07, 6.45) is 0. The number of ether oxygens (including phenoxy) is 1. The van der Waals surface area contributed by atoms with Crippen LogP contribution in [0.2, 0.25) is 0 Å². The Morgan fingerprint density at radius 1 is 1.54 bits per heavy atom. The topological polar surface area (TPSA) is 48.1 Å². The van der Waals surface area contributed by atoms with Crippen molar-refractivity contribution in [1.29, 1.82) is 0 Å². The summed E-state index contributed by atoms with van der Waals surface area (Å²) >= 11 is 3.41. The molecule has 1 aromatic heterocycles. The van der Waals surface area contributed by atoms with Crippen LogP contribution in [0, 0.1) is 0 Å². The summed E-state index contributed by atoms with van der Waals surface area (Å²) in [7, 11) is 1.57. The zero-order valence-electron chi connectivity index (χ0n) is 7.97. The van der Waals surface area contributed by atoms with E-state index in [2.05, 4.69) is 34.8 Å². The highest BCUT2D eigenvalue weighted by atomic mass is 79.9. The van der Waals surface area contributed by atoms with Gasteiger partial charge in [-0.25, -0.2) is 4.98 Å². The monoisotopic (exact) mass is 244 g/mol. The minimum atomic E-state index is 0.351. The molecule has 1 heterocycles. The van der Waals surface area contributed by atoms with Crippen molar-refractivity contribution in [1.82, 2.24) is 4.98 Å². The van der Waals surface area contributed by atoms with Crippen LogP contribution in [0.25, 0.3) is 0 Å². The lowest BCUT2D eigenvalue weighted by Gasteiger charge is -2.10. The number of pyridine rings is 1. The molecule has 0 unspecified atom stereocenters. The molecular formula is C9H13BrN2O. The predicted octanol–water partition coefficient (Wildman–Crippen LogP) is 2.56. The number of hydrogen-bond acceptors (Lipinski definition) is 3. The van der Waals surface area contributed by atoms with Gasteiger partial charge in [-0.1, -0.05) is 13.8 Å². The highest BCUT2D eigenvalue weighted by Crippen LogP contribution is 2.29. The molecule has 0 aliphatic heterocycles. The first-order valence-electron chi connectivity index (χ1n) is 4.06. The summed E-state index contributed by atoms with van der Waals surface area (Å²) in [5.74, 6) is 0.843. The first-order valence-corrected chi connectivity index (χ1v) is 4.85. The van der Waals surface area contributed by atoms with Gasteiger partial charge in [-0.2, -0.15) is 0 Å². The van der Waals surface area contributed by atoms with E-state index >= 15 is 0 Å². The van der Waals surface area contributed by atoms with Crippen LogP contribution in [0.1, 0.15) is 25.5 Å². The Morgan fingerprint density at radius 2 is 2.15 bits per heavy atom. The van der Waals surface area contributed by atoms with Gasteiger partial charge in [0.15, 0.2) is 0 Å². The van der Waals surface area contributed by atoms with Gasteiger partial charge in [0.2, 0.25) is 5.88 Å². The molecule has 0 radical (unpaired) electrons. The number of nitrogens with zero attached hydrogens (tertiary/aromatic N) is 1. The maximum Gasteiger partial charge on any atom is 0.237 e. The lowest BCUT2D eigenvalue weighted by Crippen LogP contribution is -2.01. The van der Waals surface area contributed by atoms with Crippen LogP contribution in [0.3, 0.4) is 0 Å². The summed E-state index contributed by atoms with van der Waals surface area (Å²) in [4.78, 5) is 4.30. The maximum atomic E-state index is 5.68. The molecule has 0 saturated carbocycles. The number of aromatic nitrogens is 1. The molecule has 0 atom stereocenters. The number of nitrogens with two attached hydrogens (primary N) is 1. The average Bonchev–Trinajstić information content (AvgIpc) is 2.03. The van der Waals surface area contributed by atoms with Crippen molar-refractivity contribution in [2.24, 2.45) is 0 Å². The standard InChI is InChI=1S/C9H13BrN2O/c1-5(2)8-6(10)4-7(11)9(12-8)13-3/h4-5H,11H2,1-3H3.